The van der Waals surface area contributed by atoms with Gasteiger partial charge in [-0.1, -0.05) is 26.0 Å². The highest BCUT2D eigenvalue weighted by molar-refractivity contribution is 5.85. The Morgan fingerprint density at radius 3 is 2.55 bits per heavy atom. The number of anilines is 1. The minimum Gasteiger partial charge on any atom is -0.492 e. The maximum Gasteiger partial charge on any atom is 0.243 e. The normalized spacial score (nSPS) is 14.6. The van der Waals surface area contributed by atoms with Crippen molar-refractivity contribution in [3.05, 3.63) is 24.3 Å². The number of para-hydroxylation sites is 2. The van der Waals surface area contributed by atoms with Crippen molar-refractivity contribution in [3.8, 4) is 11.8 Å². The average Bonchev–Trinajstić information content (AvgIpc) is 2.49. The number of carbonyl (C=O) groups excluding carboxylic acids is 1. The summed E-state index contributed by atoms with van der Waals surface area (Å²) in [6.45, 7) is 9.78. The molecule has 0 radical (unpaired) electrons. The molecule has 22 heavy (non-hydrogen) atoms. The van der Waals surface area contributed by atoms with E-state index >= 15 is 0 Å². The molecule has 0 aliphatic heterocycles. The first kappa shape index (κ1) is 17.8. The lowest BCUT2D eigenvalue weighted by Crippen LogP contribution is -2.52. The van der Waals surface area contributed by atoms with Gasteiger partial charge < -0.3 is 15.4 Å². The van der Waals surface area contributed by atoms with Crippen LogP contribution in [0.25, 0.3) is 0 Å². The first-order chi connectivity index (χ1) is 10.3. The fourth-order valence-electron chi connectivity index (χ4n) is 1.83. The van der Waals surface area contributed by atoms with E-state index in [4.69, 9.17) is 4.74 Å². The summed E-state index contributed by atoms with van der Waals surface area (Å²) in [5.41, 5.74) is -0.123. The molecule has 120 valence electrons. The Bertz CT molecular complexity index is 551. The summed E-state index contributed by atoms with van der Waals surface area (Å²) < 4.78 is 5.53. The van der Waals surface area contributed by atoms with Crippen LogP contribution in [-0.2, 0) is 4.79 Å². The van der Waals surface area contributed by atoms with Crippen molar-refractivity contribution in [1.29, 1.82) is 5.26 Å². The molecular formula is C17H25N3O2. The molecule has 0 saturated heterocycles. The van der Waals surface area contributed by atoms with Crippen LogP contribution in [0, 0.1) is 17.2 Å². The molecule has 5 heteroatoms. The van der Waals surface area contributed by atoms with Gasteiger partial charge in [0.2, 0.25) is 5.91 Å². The van der Waals surface area contributed by atoms with Gasteiger partial charge in [-0.25, -0.2) is 0 Å². The van der Waals surface area contributed by atoms with E-state index < -0.39 is 11.6 Å². The predicted molar refractivity (Wildman–Crippen MR) is 87.7 cm³/mol. The van der Waals surface area contributed by atoms with Gasteiger partial charge in [0.1, 0.15) is 17.3 Å². The van der Waals surface area contributed by atoms with Gasteiger partial charge in [-0.2, -0.15) is 5.26 Å². The summed E-state index contributed by atoms with van der Waals surface area (Å²) in [6.07, 6.45) is 0. The van der Waals surface area contributed by atoms with Crippen LogP contribution < -0.4 is 15.4 Å². The Labute approximate surface area is 132 Å². The molecule has 0 saturated carbocycles. The Balaban J connectivity index is 2.79. The zero-order chi connectivity index (χ0) is 16.8. The van der Waals surface area contributed by atoms with Crippen LogP contribution in [-0.4, -0.2) is 24.1 Å². The maximum absolute atomic E-state index is 12.3. The Morgan fingerprint density at radius 1 is 1.36 bits per heavy atom. The van der Waals surface area contributed by atoms with E-state index in [1.165, 1.54) is 0 Å². The lowest BCUT2D eigenvalue weighted by Gasteiger charge is -2.29. The summed E-state index contributed by atoms with van der Waals surface area (Å²) >= 11 is 0. The van der Waals surface area contributed by atoms with E-state index in [0.717, 1.165) is 5.69 Å². The maximum atomic E-state index is 12.3. The van der Waals surface area contributed by atoms with E-state index in [0.29, 0.717) is 12.4 Å². The fraction of sp³-hybridized carbons (Fsp3) is 0.529. The topological polar surface area (TPSA) is 74.2 Å². The highest BCUT2D eigenvalue weighted by atomic mass is 16.5. The molecule has 1 amide bonds. The molecule has 2 atom stereocenters. The highest BCUT2D eigenvalue weighted by Crippen LogP contribution is 2.24. The van der Waals surface area contributed by atoms with Crippen LogP contribution in [0.4, 0.5) is 5.69 Å². The monoisotopic (exact) mass is 303 g/mol. The summed E-state index contributed by atoms with van der Waals surface area (Å²) in [4.78, 5) is 12.3. The number of nitrogens with one attached hydrogen (secondary N) is 2. The van der Waals surface area contributed by atoms with Crippen molar-refractivity contribution in [2.45, 2.75) is 46.2 Å². The zero-order valence-electron chi connectivity index (χ0n) is 13.9. The SMILES string of the molecule is CCOc1ccccc1N[C@@H](C)C(=O)N[C@@](C)(C#N)C(C)C. The number of nitrogens with zero attached hydrogens (tertiary/aromatic N) is 1. The number of hydrogen-bond donors (Lipinski definition) is 2. The molecular weight excluding hydrogens is 278 g/mol. The van der Waals surface area contributed by atoms with Crippen molar-refractivity contribution in [2.75, 3.05) is 11.9 Å². The predicted octanol–water partition coefficient (Wildman–Crippen LogP) is 2.94. The second kappa shape index (κ2) is 7.69. The van der Waals surface area contributed by atoms with Gasteiger partial charge >= 0.3 is 0 Å². The van der Waals surface area contributed by atoms with Crippen LogP contribution in [0.15, 0.2) is 24.3 Å². The van der Waals surface area contributed by atoms with E-state index in [-0.39, 0.29) is 11.8 Å². The zero-order valence-corrected chi connectivity index (χ0v) is 13.9. The molecule has 0 aliphatic carbocycles. The molecule has 2 N–H and O–H groups in total. The number of amides is 1. The first-order valence-electron chi connectivity index (χ1n) is 7.55. The van der Waals surface area contributed by atoms with Gasteiger partial charge in [0.05, 0.1) is 18.4 Å². The standard InChI is InChI=1S/C17H25N3O2/c1-6-22-15-10-8-7-9-14(15)19-13(4)16(21)20-17(5,11-18)12(2)3/h7-10,12-13,19H,6H2,1-5H3,(H,20,21)/t13-,17-/m0/s1. The number of nitriles is 1. The van der Waals surface area contributed by atoms with Crippen molar-refractivity contribution < 1.29 is 9.53 Å². The molecule has 0 aromatic heterocycles. The molecule has 1 rings (SSSR count). The van der Waals surface area contributed by atoms with Gasteiger partial charge in [0, 0.05) is 0 Å². The molecule has 1 aromatic rings. The van der Waals surface area contributed by atoms with E-state index in [2.05, 4.69) is 16.7 Å². The number of ether oxygens (including phenoxy) is 1. The van der Waals surface area contributed by atoms with Gasteiger partial charge in [-0.3, -0.25) is 4.79 Å². The number of carbonyl (C=O) groups is 1. The summed E-state index contributed by atoms with van der Waals surface area (Å²) in [5, 5.41) is 15.2. The first-order valence-corrected chi connectivity index (χ1v) is 7.55. The summed E-state index contributed by atoms with van der Waals surface area (Å²) in [7, 11) is 0. The second-order valence-corrected chi connectivity index (χ2v) is 5.75. The largest absolute Gasteiger partial charge is 0.492 e. The van der Waals surface area contributed by atoms with Crippen LogP contribution >= 0.6 is 0 Å². The van der Waals surface area contributed by atoms with Crippen molar-refractivity contribution in [2.24, 2.45) is 5.92 Å². The third-order valence-corrected chi connectivity index (χ3v) is 3.72. The molecule has 0 unspecified atom stereocenters. The minimum atomic E-state index is -0.882. The lowest BCUT2D eigenvalue weighted by atomic mass is 9.90. The van der Waals surface area contributed by atoms with Gasteiger partial charge in [0.25, 0.3) is 0 Å². The second-order valence-electron chi connectivity index (χ2n) is 5.75. The lowest BCUT2D eigenvalue weighted by molar-refractivity contribution is -0.123. The molecule has 0 spiro atoms. The highest BCUT2D eigenvalue weighted by Gasteiger charge is 2.31. The Morgan fingerprint density at radius 2 is 2.00 bits per heavy atom. The van der Waals surface area contributed by atoms with Crippen molar-refractivity contribution in [3.63, 3.8) is 0 Å². The van der Waals surface area contributed by atoms with Gasteiger partial charge in [-0.05, 0) is 38.8 Å². The summed E-state index contributed by atoms with van der Waals surface area (Å²) in [6, 6.07) is 9.17. The van der Waals surface area contributed by atoms with Crippen LogP contribution in [0.5, 0.6) is 5.75 Å². The van der Waals surface area contributed by atoms with E-state index in [1.54, 1.807) is 13.8 Å². The van der Waals surface area contributed by atoms with Crippen molar-refractivity contribution in [1.82, 2.24) is 5.32 Å². The number of rotatable bonds is 7. The molecule has 1 aromatic carbocycles. The number of benzene rings is 1. The van der Waals surface area contributed by atoms with E-state index in [9.17, 15) is 10.1 Å². The summed E-state index contributed by atoms with van der Waals surface area (Å²) in [5.74, 6) is 0.505. The third-order valence-electron chi connectivity index (χ3n) is 3.72. The quantitative estimate of drug-likeness (QED) is 0.812. The molecule has 0 heterocycles. The Kier molecular flexibility index (Phi) is 6.24. The van der Waals surface area contributed by atoms with Crippen LogP contribution in [0.3, 0.4) is 0 Å². The molecule has 5 nitrogen and oxygen atoms in total. The third kappa shape index (κ3) is 4.39. The smallest absolute Gasteiger partial charge is 0.243 e. The van der Waals surface area contributed by atoms with Crippen molar-refractivity contribution >= 4 is 11.6 Å². The van der Waals surface area contributed by atoms with E-state index in [1.807, 2.05) is 45.0 Å². The average molecular weight is 303 g/mol. The molecule has 0 fully saturated rings. The number of hydrogen-bond acceptors (Lipinski definition) is 4. The van der Waals surface area contributed by atoms with Gasteiger partial charge in [0.15, 0.2) is 0 Å². The van der Waals surface area contributed by atoms with Crippen LogP contribution in [0.2, 0.25) is 0 Å². The van der Waals surface area contributed by atoms with Gasteiger partial charge in [-0.15, -0.1) is 0 Å². The molecule has 0 bridgehead atoms. The Hall–Kier alpha value is -2.22. The molecule has 0 aliphatic rings. The minimum absolute atomic E-state index is 0.0179. The fourth-order valence-corrected chi connectivity index (χ4v) is 1.83. The van der Waals surface area contributed by atoms with Crippen LogP contribution in [0.1, 0.15) is 34.6 Å².